The minimum atomic E-state index is -0.750. The standard InChI is InChI=1S/C6H8N2.CHCl3/c7-5-3-1-2-4-6(5)8;2-1(3)4/h1-4H,7-8H2;1H. The Morgan fingerprint density at radius 2 is 1.17 bits per heavy atom. The van der Waals surface area contributed by atoms with Crippen molar-refractivity contribution in [1.29, 1.82) is 0 Å². The molecule has 1 rings (SSSR count). The van der Waals surface area contributed by atoms with Gasteiger partial charge in [-0.2, -0.15) is 0 Å². The zero-order valence-electron chi connectivity index (χ0n) is 6.18. The summed E-state index contributed by atoms with van der Waals surface area (Å²) in [4.78, 5) is 0. The van der Waals surface area contributed by atoms with E-state index in [4.69, 9.17) is 46.3 Å². The molecule has 1 aromatic carbocycles. The number of nitrogens with two attached hydrogens (primary N) is 2. The quantitative estimate of drug-likeness (QED) is 0.529. The fourth-order valence-corrected chi connectivity index (χ4v) is 0.511. The summed E-state index contributed by atoms with van der Waals surface area (Å²) in [5, 5.41) is 0. The Morgan fingerprint density at radius 3 is 1.33 bits per heavy atom. The van der Waals surface area contributed by atoms with E-state index in [9.17, 15) is 0 Å². The fraction of sp³-hybridized carbons (Fsp3) is 0.143. The lowest BCUT2D eigenvalue weighted by Crippen LogP contribution is -1.91. The number of hydrogen-bond acceptors (Lipinski definition) is 2. The minimum absolute atomic E-state index is 0.646. The number of para-hydroxylation sites is 2. The van der Waals surface area contributed by atoms with E-state index < -0.39 is 4.30 Å². The van der Waals surface area contributed by atoms with Gasteiger partial charge in [0.1, 0.15) is 0 Å². The first kappa shape index (κ1) is 11.7. The molecule has 0 heterocycles. The van der Waals surface area contributed by atoms with Crippen molar-refractivity contribution in [3.8, 4) is 0 Å². The van der Waals surface area contributed by atoms with Crippen LogP contribution in [0.3, 0.4) is 0 Å². The lowest BCUT2D eigenvalue weighted by molar-refractivity contribution is 1.67. The molecule has 5 heteroatoms. The van der Waals surface area contributed by atoms with Gasteiger partial charge in [0.05, 0.1) is 11.4 Å². The molecule has 0 aromatic heterocycles. The Morgan fingerprint density at radius 1 is 0.917 bits per heavy atom. The normalized spacial score (nSPS) is 9.00. The van der Waals surface area contributed by atoms with Crippen LogP contribution in [0, 0.1) is 0 Å². The Bertz CT molecular complexity index is 204. The van der Waals surface area contributed by atoms with Crippen molar-refractivity contribution < 1.29 is 0 Å². The molecule has 0 amide bonds. The fourth-order valence-electron chi connectivity index (χ4n) is 0.511. The molecule has 1 aromatic rings. The van der Waals surface area contributed by atoms with E-state index in [0.717, 1.165) is 0 Å². The van der Waals surface area contributed by atoms with Gasteiger partial charge in [-0.15, -0.1) is 0 Å². The van der Waals surface area contributed by atoms with Crippen LogP contribution in [0.15, 0.2) is 24.3 Å². The second-order valence-electron chi connectivity index (χ2n) is 1.88. The molecule has 4 N–H and O–H groups in total. The molecule has 2 nitrogen and oxygen atoms in total. The molecule has 0 saturated carbocycles. The van der Waals surface area contributed by atoms with Gasteiger partial charge in [0.2, 0.25) is 0 Å². The minimum Gasteiger partial charge on any atom is -0.397 e. The molecule has 0 unspecified atom stereocenters. The summed E-state index contributed by atoms with van der Waals surface area (Å²) >= 11 is 14.4. The molecule has 0 saturated heterocycles. The van der Waals surface area contributed by atoms with Crippen molar-refractivity contribution >= 4 is 46.2 Å². The molecule has 12 heavy (non-hydrogen) atoms. The van der Waals surface area contributed by atoms with Crippen molar-refractivity contribution in [1.82, 2.24) is 0 Å². The van der Waals surface area contributed by atoms with Crippen molar-refractivity contribution in [3.63, 3.8) is 0 Å². The Kier molecular flexibility index (Phi) is 6.07. The zero-order chi connectivity index (χ0) is 9.56. The topological polar surface area (TPSA) is 52.0 Å². The van der Waals surface area contributed by atoms with E-state index in [1.165, 1.54) is 0 Å². The van der Waals surface area contributed by atoms with Gasteiger partial charge in [0, 0.05) is 0 Å². The highest BCUT2D eigenvalue weighted by Crippen LogP contribution is 2.10. The third-order valence-electron chi connectivity index (χ3n) is 0.996. The largest absolute Gasteiger partial charge is 0.397 e. The number of anilines is 2. The van der Waals surface area contributed by atoms with Crippen LogP contribution >= 0.6 is 34.8 Å². The van der Waals surface area contributed by atoms with Crippen LogP contribution in [0.1, 0.15) is 0 Å². The van der Waals surface area contributed by atoms with E-state index >= 15 is 0 Å². The molecule has 0 bridgehead atoms. The van der Waals surface area contributed by atoms with Gasteiger partial charge in [0.25, 0.3) is 0 Å². The number of nitrogen functional groups attached to an aromatic ring is 2. The Balaban J connectivity index is 0.000000261. The maximum absolute atomic E-state index is 5.39. The van der Waals surface area contributed by atoms with Gasteiger partial charge >= 0.3 is 0 Å². The molecule has 0 aliphatic carbocycles. The van der Waals surface area contributed by atoms with E-state index in [1.807, 2.05) is 12.1 Å². The first-order valence-electron chi connectivity index (χ1n) is 3.06. The number of halogens is 3. The first-order chi connectivity index (χ1) is 5.54. The van der Waals surface area contributed by atoms with Crippen molar-refractivity contribution in [3.05, 3.63) is 24.3 Å². The number of alkyl halides is 3. The number of rotatable bonds is 0. The monoisotopic (exact) mass is 226 g/mol. The smallest absolute Gasteiger partial charge is 0.180 e. The highest BCUT2D eigenvalue weighted by Gasteiger charge is 1.85. The Labute approximate surface area is 86.4 Å². The SMILES string of the molecule is ClC(Cl)Cl.Nc1ccccc1N. The lowest BCUT2D eigenvalue weighted by Gasteiger charge is -1.94. The summed E-state index contributed by atoms with van der Waals surface area (Å²) in [6.07, 6.45) is 0. The van der Waals surface area contributed by atoms with Crippen LogP contribution in [0.4, 0.5) is 11.4 Å². The summed E-state index contributed by atoms with van der Waals surface area (Å²) in [5.74, 6) is 0. The lowest BCUT2D eigenvalue weighted by atomic mass is 10.3. The predicted octanol–water partition coefficient (Wildman–Crippen LogP) is 2.84. The van der Waals surface area contributed by atoms with Crippen LogP contribution in [0.2, 0.25) is 0 Å². The van der Waals surface area contributed by atoms with Crippen LogP contribution < -0.4 is 11.5 Å². The zero-order valence-corrected chi connectivity index (χ0v) is 8.44. The van der Waals surface area contributed by atoms with Crippen molar-refractivity contribution in [2.24, 2.45) is 0 Å². The van der Waals surface area contributed by atoms with Gasteiger partial charge in [-0.05, 0) is 12.1 Å². The molecule has 0 fully saturated rings. The van der Waals surface area contributed by atoms with Crippen LogP contribution in [-0.4, -0.2) is 4.30 Å². The molecular formula is C7H9Cl3N2. The van der Waals surface area contributed by atoms with Crippen LogP contribution in [0.5, 0.6) is 0 Å². The van der Waals surface area contributed by atoms with Crippen molar-refractivity contribution in [2.45, 2.75) is 4.30 Å². The van der Waals surface area contributed by atoms with Crippen molar-refractivity contribution in [2.75, 3.05) is 11.5 Å². The first-order valence-corrected chi connectivity index (χ1v) is 4.37. The van der Waals surface area contributed by atoms with E-state index in [0.29, 0.717) is 11.4 Å². The predicted molar refractivity (Wildman–Crippen MR) is 56.6 cm³/mol. The average molecular weight is 228 g/mol. The van der Waals surface area contributed by atoms with Gasteiger partial charge in [0.15, 0.2) is 4.30 Å². The van der Waals surface area contributed by atoms with E-state index in [1.54, 1.807) is 12.1 Å². The number of benzene rings is 1. The molecule has 0 atom stereocenters. The number of hydrogen-bond donors (Lipinski definition) is 2. The Hall–Kier alpha value is -0.310. The highest BCUT2D eigenvalue weighted by atomic mass is 35.6. The maximum atomic E-state index is 5.39. The van der Waals surface area contributed by atoms with Gasteiger partial charge < -0.3 is 11.5 Å². The van der Waals surface area contributed by atoms with Gasteiger partial charge in [-0.1, -0.05) is 46.9 Å². The van der Waals surface area contributed by atoms with Gasteiger partial charge in [-0.3, -0.25) is 0 Å². The highest BCUT2D eigenvalue weighted by molar-refractivity contribution is 6.63. The van der Waals surface area contributed by atoms with E-state index in [-0.39, 0.29) is 0 Å². The summed E-state index contributed by atoms with van der Waals surface area (Å²) in [6.45, 7) is 0. The molecule has 0 aliphatic rings. The molecule has 0 radical (unpaired) electrons. The second-order valence-corrected chi connectivity index (χ2v) is 3.86. The summed E-state index contributed by atoms with van der Waals surface area (Å²) in [6, 6.07) is 7.25. The molecular weight excluding hydrogens is 218 g/mol. The second kappa shape index (κ2) is 6.23. The third kappa shape index (κ3) is 6.40. The summed E-state index contributed by atoms with van der Waals surface area (Å²) < 4.78 is -0.750. The summed E-state index contributed by atoms with van der Waals surface area (Å²) in [7, 11) is 0. The molecule has 0 aliphatic heterocycles. The summed E-state index contributed by atoms with van der Waals surface area (Å²) in [5.41, 5.74) is 12.1. The van der Waals surface area contributed by atoms with Gasteiger partial charge in [-0.25, -0.2) is 0 Å². The van der Waals surface area contributed by atoms with Crippen LogP contribution in [0.25, 0.3) is 0 Å². The average Bonchev–Trinajstić information content (AvgIpc) is 1.94. The van der Waals surface area contributed by atoms with Crippen LogP contribution in [-0.2, 0) is 0 Å². The molecule has 68 valence electrons. The van der Waals surface area contributed by atoms with E-state index in [2.05, 4.69) is 0 Å². The molecule has 0 spiro atoms. The maximum Gasteiger partial charge on any atom is 0.180 e. The third-order valence-corrected chi connectivity index (χ3v) is 0.996.